The Bertz CT molecular complexity index is 1410. The van der Waals surface area contributed by atoms with Gasteiger partial charge < -0.3 is 20.1 Å². The van der Waals surface area contributed by atoms with Crippen molar-refractivity contribution in [1.29, 1.82) is 0 Å². The molecule has 0 saturated heterocycles. The van der Waals surface area contributed by atoms with Gasteiger partial charge >= 0.3 is 0 Å². The predicted octanol–water partition coefficient (Wildman–Crippen LogP) is 4.00. The lowest BCUT2D eigenvalue weighted by atomic mass is 10.1. The first-order valence-corrected chi connectivity index (χ1v) is 14.1. The van der Waals surface area contributed by atoms with E-state index in [1.54, 1.807) is 51.5 Å². The van der Waals surface area contributed by atoms with Gasteiger partial charge in [0.1, 0.15) is 11.9 Å². The molecule has 0 heterocycles. The first kappa shape index (κ1) is 29.4. The number of methoxy groups -OCH3 is 2. The van der Waals surface area contributed by atoms with Gasteiger partial charge in [-0.15, -0.1) is 0 Å². The highest BCUT2D eigenvalue weighted by Gasteiger charge is 2.32. The molecule has 0 bridgehead atoms. The maximum Gasteiger partial charge on any atom is 0.253 e. The Hall–Kier alpha value is -4.12. The molecule has 3 aromatic carbocycles. The number of ether oxygens (including phenoxy) is 2. The maximum absolute atomic E-state index is 13.4. The molecule has 1 atom stereocenters. The lowest BCUT2D eigenvalue weighted by Crippen LogP contribution is -2.47. The molecule has 0 unspecified atom stereocenters. The number of para-hydroxylation sites is 1. The lowest BCUT2D eigenvalue weighted by molar-refractivity contribution is -0.117. The van der Waals surface area contributed by atoms with E-state index in [0.717, 1.165) is 28.3 Å². The molecule has 0 radical (unpaired) electrons. The van der Waals surface area contributed by atoms with Crippen LogP contribution in [0, 0.1) is 5.82 Å². The van der Waals surface area contributed by atoms with Gasteiger partial charge in [0.2, 0.25) is 15.9 Å². The van der Waals surface area contributed by atoms with Gasteiger partial charge in [0, 0.05) is 6.54 Å². The van der Waals surface area contributed by atoms with Gasteiger partial charge in [-0.3, -0.25) is 13.9 Å². The molecule has 0 fully saturated rings. The number of sulfonamides is 1. The molecular weight excluding hydrogens is 525 g/mol. The van der Waals surface area contributed by atoms with Crippen molar-refractivity contribution in [2.45, 2.75) is 25.8 Å². The first-order valence-electron chi connectivity index (χ1n) is 12.2. The van der Waals surface area contributed by atoms with Crippen LogP contribution in [-0.2, 0) is 21.2 Å². The van der Waals surface area contributed by atoms with E-state index in [1.807, 2.05) is 12.1 Å². The van der Waals surface area contributed by atoms with E-state index in [2.05, 4.69) is 10.6 Å². The monoisotopic (exact) mass is 557 g/mol. The Kier molecular flexibility index (Phi) is 9.89. The average Bonchev–Trinajstić information content (AvgIpc) is 2.91. The Labute approximate surface area is 228 Å². The second kappa shape index (κ2) is 13.1. The van der Waals surface area contributed by atoms with Crippen LogP contribution < -0.4 is 24.4 Å². The van der Waals surface area contributed by atoms with Crippen LogP contribution >= 0.6 is 0 Å². The minimum absolute atomic E-state index is 0.135. The van der Waals surface area contributed by atoms with Crippen LogP contribution in [0.15, 0.2) is 66.7 Å². The van der Waals surface area contributed by atoms with Crippen molar-refractivity contribution in [2.24, 2.45) is 0 Å². The zero-order chi connectivity index (χ0) is 28.6. The summed E-state index contributed by atoms with van der Waals surface area (Å²) in [4.78, 5) is 26.3. The van der Waals surface area contributed by atoms with Gasteiger partial charge in [0.25, 0.3) is 5.91 Å². The van der Waals surface area contributed by atoms with Crippen LogP contribution in [0.4, 0.5) is 15.8 Å². The van der Waals surface area contributed by atoms with Gasteiger partial charge in [0.15, 0.2) is 11.5 Å². The second-order valence-electron chi connectivity index (χ2n) is 8.69. The van der Waals surface area contributed by atoms with E-state index in [-0.39, 0.29) is 23.4 Å². The molecule has 0 aliphatic rings. The molecule has 0 aromatic heterocycles. The summed E-state index contributed by atoms with van der Waals surface area (Å²) in [5.74, 6) is -0.371. The van der Waals surface area contributed by atoms with Gasteiger partial charge in [0.05, 0.1) is 37.4 Å². The Morgan fingerprint density at radius 1 is 0.974 bits per heavy atom. The summed E-state index contributed by atoms with van der Waals surface area (Å²) in [6.07, 6.45) is 1.64. The Balaban J connectivity index is 1.74. The smallest absolute Gasteiger partial charge is 0.253 e. The van der Waals surface area contributed by atoms with Crippen LogP contribution in [0.2, 0.25) is 0 Å². The molecule has 39 heavy (non-hydrogen) atoms. The third-order valence-electron chi connectivity index (χ3n) is 5.99. The van der Waals surface area contributed by atoms with Gasteiger partial charge in [-0.25, -0.2) is 12.8 Å². The molecule has 208 valence electrons. The fourth-order valence-corrected chi connectivity index (χ4v) is 5.32. The van der Waals surface area contributed by atoms with Crippen molar-refractivity contribution in [1.82, 2.24) is 5.32 Å². The third-order valence-corrected chi connectivity index (χ3v) is 7.17. The van der Waals surface area contributed by atoms with Crippen molar-refractivity contribution >= 4 is 33.2 Å². The number of nitrogens with zero attached hydrogens (tertiary/aromatic N) is 1. The molecule has 0 aliphatic heterocycles. The standard InChI is InChI=1S/C28H32FN3O6S/c1-5-24(32(39(4,35)36)21-13-11-20(29)12-14-21)28(34)31-23-9-7-6-8-22(23)27(33)30-17-16-19-10-15-25(37-2)26(18-19)38-3/h6-15,18,24H,5,16-17H2,1-4H3,(H,30,33)(H,31,34)/t24-/m0/s1. The predicted molar refractivity (Wildman–Crippen MR) is 148 cm³/mol. The molecule has 3 rings (SSSR count). The summed E-state index contributed by atoms with van der Waals surface area (Å²) in [6.45, 7) is 1.99. The second-order valence-corrected chi connectivity index (χ2v) is 10.5. The topological polar surface area (TPSA) is 114 Å². The maximum atomic E-state index is 13.4. The van der Waals surface area contributed by atoms with Gasteiger partial charge in [-0.1, -0.05) is 25.1 Å². The number of benzene rings is 3. The Morgan fingerprint density at radius 3 is 2.26 bits per heavy atom. The fourth-order valence-electron chi connectivity index (χ4n) is 4.11. The number of hydrogen-bond acceptors (Lipinski definition) is 6. The normalized spacial score (nSPS) is 11.8. The number of anilines is 2. The van der Waals surface area contributed by atoms with Crippen molar-refractivity contribution in [3.8, 4) is 11.5 Å². The van der Waals surface area contributed by atoms with Crippen LogP contribution in [-0.4, -0.2) is 53.3 Å². The molecule has 11 heteroatoms. The summed E-state index contributed by atoms with van der Waals surface area (Å²) in [5.41, 5.74) is 1.54. The summed E-state index contributed by atoms with van der Waals surface area (Å²) in [5, 5.41) is 5.55. The number of hydrogen-bond donors (Lipinski definition) is 2. The largest absolute Gasteiger partial charge is 0.493 e. The number of rotatable bonds is 12. The van der Waals surface area contributed by atoms with Crippen LogP contribution in [0.1, 0.15) is 29.3 Å². The molecule has 2 amide bonds. The van der Waals surface area contributed by atoms with Crippen molar-refractivity contribution in [3.05, 3.63) is 83.7 Å². The van der Waals surface area contributed by atoms with E-state index >= 15 is 0 Å². The third kappa shape index (κ3) is 7.47. The van der Waals surface area contributed by atoms with Crippen LogP contribution in [0.5, 0.6) is 11.5 Å². The molecule has 0 saturated carbocycles. The molecular formula is C28H32FN3O6S. The van der Waals surface area contributed by atoms with Crippen molar-refractivity contribution < 1.29 is 31.9 Å². The van der Waals surface area contributed by atoms with E-state index in [1.165, 1.54) is 12.1 Å². The zero-order valence-electron chi connectivity index (χ0n) is 22.2. The Morgan fingerprint density at radius 2 is 1.64 bits per heavy atom. The van der Waals surface area contributed by atoms with Crippen LogP contribution in [0.25, 0.3) is 0 Å². The van der Waals surface area contributed by atoms with E-state index in [4.69, 9.17) is 9.47 Å². The molecule has 0 aliphatic carbocycles. The highest BCUT2D eigenvalue weighted by molar-refractivity contribution is 7.92. The highest BCUT2D eigenvalue weighted by Crippen LogP contribution is 2.28. The number of carbonyl (C=O) groups excluding carboxylic acids is 2. The summed E-state index contributed by atoms with van der Waals surface area (Å²) < 4.78 is 50.2. The average molecular weight is 558 g/mol. The first-order chi connectivity index (χ1) is 18.6. The lowest BCUT2D eigenvalue weighted by Gasteiger charge is -2.30. The molecule has 0 spiro atoms. The SMILES string of the molecule is CC[C@@H](C(=O)Nc1ccccc1C(=O)NCCc1ccc(OC)c(OC)c1)N(c1ccc(F)cc1)S(C)(=O)=O. The van der Waals surface area contributed by atoms with Gasteiger partial charge in [-0.2, -0.15) is 0 Å². The minimum atomic E-state index is -3.90. The summed E-state index contributed by atoms with van der Waals surface area (Å²) >= 11 is 0. The number of carbonyl (C=O) groups is 2. The molecule has 2 N–H and O–H groups in total. The van der Waals surface area contributed by atoms with Crippen LogP contribution in [0.3, 0.4) is 0 Å². The summed E-state index contributed by atoms with van der Waals surface area (Å²) in [6, 6.07) is 15.7. The molecule has 3 aromatic rings. The number of amides is 2. The summed E-state index contributed by atoms with van der Waals surface area (Å²) in [7, 11) is -0.798. The van der Waals surface area contributed by atoms with E-state index in [9.17, 15) is 22.4 Å². The zero-order valence-corrected chi connectivity index (χ0v) is 23.0. The highest BCUT2D eigenvalue weighted by atomic mass is 32.2. The minimum Gasteiger partial charge on any atom is -0.493 e. The van der Waals surface area contributed by atoms with Crippen molar-refractivity contribution in [2.75, 3.05) is 36.6 Å². The number of halogens is 1. The fraction of sp³-hybridized carbons (Fsp3) is 0.286. The number of nitrogens with one attached hydrogen (secondary N) is 2. The van der Waals surface area contributed by atoms with E-state index < -0.39 is 33.7 Å². The van der Waals surface area contributed by atoms with Crippen molar-refractivity contribution in [3.63, 3.8) is 0 Å². The molecule has 9 nitrogen and oxygen atoms in total. The van der Waals surface area contributed by atoms with E-state index in [0.29, 0.717) is 24.5 Å². The quantitative estimate of drug-likeness (QED) is 0.348. The van der Waals surface area contributed by atoms with Gasteiger partial charge in [-0.05, 0) is 66.9 Å².